The first-order chi connectivity index (χ1) is 16.3. The molecule has 0 saturated carbocycles. The smallest absolute Gasteiger partial charge is 0.283 e. The molecule has 11 heteroatoms. The summed E-state index contributed by atoms with van der Waals surface area (Å²) in [4.78, 5) is 23.7. The molecule has 2 aromatic carbocycles. The molecule has 180 valence electrons. The summed E-state index contributed by atoms with van der Waals surface area (Å²) in [5, 5.41) is 4.68. The second-order valence-corrected chi connectivity index (χ2v) is 7.89. The lowest BCUT2D eigenvalue weighted by Crippen LogP contribution is -2.67. The molecule has 6 N–H and O–H groups in total. The third kappa shape index (κ3) is 5.21. The molecule has 0 fully saturated rings. The summed E-state index contributed by atoms with van der Waals surface area (Å²) in [5.74, 6) is 0.918. The lowest BCUT2D eigenvalue weighted by atomic mass is 10.0. The van der Waals surface area contributed by atoms with Gasteiger partial charge in [0.1, 0.15) is 5.75 Å². The van der Waals surface area contributed by atoms with Crippen LogP contribution in [0.2, 0.25) is 0 Å². The third-order valence-corrected chi connectivity index (χ3v) is 5.72. The van der Waals surface area contributed by atoms with Crippen molar-refractivity contribution < 1.29 is 34.3 Å². The van der Waals surface area contributed by atoms with E-state index in [2.05, 4.69) is 15.4 Å². The average Bonchev–Trinajstić information content (AvgIpc) is 3.32. The number of primary amides is 1. The van der Waals surface area contributed by atoms with Crippen molar-refractivity contribution in [2.24, 2.45) is 5.73 Å². The summed E-state index contributed by atoms with van der Waals surface area (Å²) in [7, 11) is 6.15. The minimum absolute atomic E-state index is 0.159. The molecule has 0 aliphatic carbocycles. The molecule has 0 spiro atoms. The SMILES string of the molecule is COc1ccc(-c2csnc2-c2cc(OC)c(OC)c(OC)c2)cc1NC(=O)[C@H]([NH3+])CC(N)=O. The number of hydrogen-bond donors (Lipinski definition) is 3. The highest BCUT2D eigenvalue weighted by molar-refractivity contribution is 7.04. The van der Waals surface area contributed by atoms with E-state index in [0.29, 0.717) is 34.4 Å². The Morgan fingerprint density at radius 3 is 2.21 bits per heavy atom. The van der Waals surface area contributed by atoms with Gasteiger partial charge in [-0.2, -0.15) is 4.37 Å². The Labute approximate surface area is 200 Å². The first kappa shape index (κ1) is 24.8. The summed E-state index contributed by atoms with van der Waals surface area (Å²) in [5.41, 5.74) is 12.4. The van der Waals surface area contributed by atoms with Gasteiger partial charge < -0.3 is 35.7 Å². The Kier molecular flexibility index (Phi) is 7.92. The predicted octanol–water partition coefficient (Wildman–Crippen LogP) is 1.94. The fourth-order valence-corrected chi connectivity index (χ4v) is 4.13. The number of hydrogen-bond acceptors (Lipinski definition) is 8. The van der Waals surface area contributed by atoms with E-state index in [1.165, 1.54) is 18.6 Å². The number of carbonyl (C=O) groups excluding carboxylic acids is 2. The zero-order valence-corrected chi connectivity index (χ0v) is 20.2. The lowest BCUT2D eigenvalue weighted by molar-refractivity contribution is -0.401. The fraction of sp³-hybridized carbons (Fsp3) is 0.261. The van der Waals surface area contributed by atoms with Crippen LogP contribution in [-0.4, -0.2) is 50.7 Å². The van der Waals surface area contributed by atoms with Crippen LogP contribution in [0.4, 0.5) is 5.69 Å². The number of nitrogens with two attached hydrogens (primary N) is 1. The van der Waals surface area contributed by atoms with Gasteiger partial charge in [0.2, 0.25) is 11.7 Å². The molecule has 1 heterocycles. The summed E-state index contributed by atoms with van der Waals surface area (Å²) >= 11 is 1.29. The minimum Gasteiger partial charge on any atom is -0.495 e. The van der Waals surface area contributed by atoms with E-state index < -0.39 is 17.9 Å². The van der Waals surface area contributed by atoms with E-state index in [0.717, 1.165) is 16.7 Å². The highest BCUT2D eigenvalue weighted by Gasteiger charge is 2.22. The molecule has 10 nitrogen and oxygen atoms in total. The van der Waals surface area contributed by atoms with Gasteiger partial charge in [-0.1, -0.05) is 6.07 Å². The lowest BCUT2D eigenvalue weighted by Gasteiger charge is -2.15. The Hall–Kier alpha value is -3.83. The van der Waals surface area contributed by atoms with Crippen LogP contribution in [0.1, 0.15) is 6.42 Å². The molecule has 3 aromatic rings. The summed E-state index contributed by atoms with van der Waals surface area (Å²) < 4.78 is 26.3. The van der Waals surface area contributed by atoms with E-state index in [9.17, 15) is 9.59 Å². The number of rotatable bonds is 10. The van der Waals surface area contributed by atoms with Crippen LogP contribution in [0, 0.1) is 0 Å². The summed E-state index contributed by atoms with van der Waals surface area (Å²) in [6, 6.07) is 8.20. The topological polar surface area (TPSA) is 150 Å². The number of nitrogens with one attached hydrogen (secondary N) is 1. The molecule has 0 radical (unpaired) electrons. The maximum Gasteiger partial charge on any atom is 0.283 e. The summed E-state index contributed by atoms with van der Waals surface area (Å²) in [6.45, 7) is 0. The Bertz CT molecular complexity index is 1170. The minimum atomic E-state index is -0.830. The van der Waals surface area contributed by atoms with Gasteiger partial charge in [-0.05, 0) is 41.4 Å². The maximum absolute atomic E-state index is 12.5. The third-order valence-electron chi connectivity index (χ3n) is 5.09. The number of methoxy groups -OCH3 is 4. The number of ether oxygens (including phenoxy) is 4. The highest BCUT2D eigenvalue weighted by atomic mass is 32.1. The van der Waals surface area contributed by atoms with E-state index in [4.69, 9.17) is 24.7 Å². The fourth-order valence-electron chi connectivity index (χ4n) is 3.41. The van der Waals surface area contributed by atoms with Gasteiger partial charge in [0, 0.05) is 16.5 Å². The molecular formula is C23H27N4O6S+. The van der Waals surface area contributed by atoms with Gasteiger partial charge in [-0.3, -0.25) is 9.59 Å². The molecule has 0 aliphatic rings. The molecule has 34 heavy (non-hydrogen) atoms. The van der Waals surface area contributed by atoms with Gasteiger partial charge in [0.05, 0.1) is 46.2 Å². The van der Waals surface area contributed by atoms with Crippen molar-refractivity contribution in [3.05, 3.63) is 35.7 Å². The Morgan fingerprint density at radius 1 is 1.00 bits per heavy atom. The number of benzene rings is 2. The number of nitrogens with zero attached hydrogens (tertiary/aromatic N) is 1. The van der Waals surface area contributed by atoms with Gasteiger partial charge >= 0.3 is 0 Å². The van der Waals surface area contributed by atoms with Crippen LogP contribution in [0.25, 0.3) is 22.4 Å². The molecule has 0 bridgehead atoms. The monoisotopic (exact) mass is 487 g/mol. The number of aromatic nitrogens is 1. The molecule has 0 unspecified atom stereocenters. The molecule has 0 aliphatic heterocycles. The quantitative estimate of drug-likeness (QED) is 0.395. The van der Waals surface area contributed by atoms with Crippen molar-refractivity contribution in [3.8, 4) is 45.4 Å². The average molecular weight is 488 g/mol. The van der Waals surface area contributed by atoms with Crippen molar-refractivity contribution in [3.63, 3.8) is 0 Å². The highest BCUT2D eigenvalue weighted by Crippen LogP contribution is 2.44. The maximum atomic E-state index is 12.5. The molecule has 0 saturated heterocycles. The van der Waals surface area contributed by atoms with Gasteiger partial charge in [-0.15, -0.1) is 0 Å². The molecule has 1 atom stereocenters. The number of carbonyl (C=O) groups is 2. The summed E-state index contributed by atoms with van der Waals surface area (Å²) in [6.07, 6.45) is -0.159. The van der Waals surface area contributed by atoms with Crippen LogP contribution >= 0.6 is 11.5 Å². The second-order valence-electron chi connectivity index (χ2n) is 7.26. The first-order valence-corrected chi connectivity index (χ1v) is 11.0. The van der Waals surface area contributed by atoms with E-state index in [-0.39, 0.29) is 6.42 Å². The van der Waals surface area contributed by atoms with Crippen LogP contribution in [0.15, 0.2) is 35.7 Å². The van der Waals surface area contributed by atoms with Crippen molar-refractivity contribution in [1.29, 1.82) is 0 Å². The number of anilines is 1. The number of amides is 2. The Morgan fingerprint density at radius 2 is 1.65 bits per heavy atom. The molecular weight excluding hydrogens is 460 g/mol. The van der Waals surface area contributed by atoms with Crippen LogP contribution in [-0.2, 0) is 9.59 Å². The van der Waals surface area contributed by atoms with Crippen molar-refractivity contribution in [2.75, 3.05) is 33.8 Å². The molecule has 1 aromatic heterocycles. The zero-order valence-electron chi connectivity index (χ0n) is 19.3. The zero-order chi connectivity index (χ0) is 24.8. The number of quaternary nitrogens is 1. The Balaban J connectivity index is 2.02. The first-order valence-electron chi connectivity index (χ1n) is 10.2. The van der Waals surface area contributed by atoms with Crippen molar-refractivity contribution >= 4 is 29.0 Å². The molecule has 3 rings (SSSR count). The van der Waals surface area contributed by atoms with Crippen LogP contribution in [0.5, 0.6) is 23.0 Å². The standard InChI is InChI=1S/C23H26N4O6S/c1-30-17-6-5-12(7-16(17)26-23(29)15(24)10-20(25)28)14-11-34-27-21(14)13-8-18(31-2)22(33-4)19(9-13)32-3/h5-9,11,15H,10,24H2,1-4H3,(H2,25,28)(H,26,29)/p+1/t15-/m1/s1. The van der Waals surface area contributed by atoms with E-state index >= 15 is 0 Å². The van der Waals surface area contributed by atoms with Crippen LogP contribution in [0.3, 0.4) is 0 Å². The van der Waals surface area contributed by atoms with Crippen molar-refractivity contribution in [2.45, 2.75) is 12.5 Å². The van der Waals surface area contributed by atoms with Gasteiger partial charge in [0.25, 0.3) is 5.91 Å². The van der Waals surface area contributed by atoms with Gasteiger partial charge in [-0.25, -0.2) is 0 Å². The van der Waals surface area contributed by atoms with E-state index in [1.807, 2.05) is 23.6 Å². The van der Waals surface area contributed by atoms with E-state index in [1.54, 1.807) is 33.5 Å². The predicted molar refractivity (Wildman–Crippen MR) is 128 cm³/mol. The van der Waals surface area contributed by atoms with Gasteiger partial charge in [0.15, 0.2) is 17.5 Å². The molecule has 2 amide bonds. The van der Waals surface area contributed by atoms with Crippen molar-refractivity contribution in [1.82, 2.24) is 4.37 Å². The normalized spacial score (nSPS) is 11.4. The largest absolute Gasteiger partial charge is 0.495 e. The van der Waals surface area contributed by atoms with Crippen LogP contribution < -0.4 is 35.7 Å². The second kappa shape index (κ2) is 10.9.